The summed E-state index contributed by atoms with van der Waals surface area (Å²) < 4.78 is 23.7. The molecule has 0 radical (unpaired) electrons. The fourth-order valence-corrected chi connectivity index (χ4v) is 2.02. The van der Waals surface area contributed by atoms with Gasteiger partial charge in [-0.2, -0.15) is 0 Å². The Morgan fingerprint density at radius 1 is 1.63 bits per heavy atom. The molecule has 0 saturated carbocycles. The van der Waals surface area contributed by atoms with Crippen LogP contribution in [0.25, 0.3) is 0 Å². The lowest BCUT2D eigenvalue weighted by Crippen LogP contribution is -2.26. The van der Waals surface area contributed by atoms with E-state index in [1.54, 1.807) is 12.1 Å². The zero-order chi connectivity index (χ0) is 14.0. The van der Waals surface area contributed by atoms with E-state index in [1.807, 2.05) is 22.6 Å². The Bertz CT molecular complexity index is 522. The van der Waals surface area contributed by atoms with Gasteiger partial charge in [0, 0.05) is 10.5 Å². The molecule has 1 amide bonds. The second-order valence-corrected chi connectivity index (χ2v) is 5.18. The van der Waals surface area contributed by atoms with E-state index in [-0.39, 0.29) is 13.2 Å². The third-order valence-electron chi connectivity index (χ3n) is 2.56. The van der Waals surface area contributed by atoms with Gasteiger partial charge in [0.15, 0.2) is 6.10 Å². The largest absolute Gasteiger partial charge is 0.462 e. The van der Waals surface area contributed by atoms with Gasteiger partial charge < -0.3 is 9.47 Å². The van der Waals surface area contributed by atoms with Crippen molar-refractivity contribution in [3.05, 3.63) is 27.6 Å². The van der Waals surface area contributed by atoms with E-state index in [4.69, 9.17) is 9.47 Å². The zero-order valence-electron chi connectivity index (χ0n) is 10.1. The molecule has 0 unspecified atom stereocenters. The smallest absolute Gasteiger partial charge is 0.414 e. The summed E-state index contributed by atoms with van der Waals surface area (Å²) in [5.41, 5.74) is 0.424. The van der Waals surface area contributed by atoms with E-state index < -0.39 is 24.0 Å². The molecule has 19 heavy (non-hydrogen) atoms. The van der Waals surface area contributed by atoms with Crippen molar-refractivity contribution in [1.29, 1.82) is 0 Å². The van der Waals surface area contributed by atoms with Crippen LogP contribution in [0.15, 0.2) is 18.2 Å². The number of cyclic esters (lactones) is 1. The monoisotopic (exact) mass is 379 g/mol. The molecular formula is C12H11FINO4. The molecule has 0 N–H and O–H groups in total. The summed E-state index contributed by atoms with van der Waals surface area (Å²) in [5, 5.41) is 0. The Labute approximate surface area is 122 Å². The Hall–Kier alpha value is -1.38. The lowest BCUT2D eigenvalue weighted by molar-refractivity contribution is -0.143. The van der Waals surface area contributed by atoms with Crippen LogP contribution in [0.5, 0.6) is 0 Å². The van der Waals surface area contributed by atoms with Crippen LogP contribution in [0.3, 0.4) is 0 Å². The van der Waals surface area contributed by atoms with Crippen LogP contribution in [0.1, 0.15) is 6.92 Å². The quantitative estimate of drug-likeness (QED) is 0.598. The van der Waals surface area contributed by atoms with Crippen LogP contribution in [-0.2, 0) is 14.3 Å². The molecule has 1 aromatic carbocycles. The Morgan fingerprint density at radius 2 is 2.37 bits per heavy atom. The molecule has 1 saturated heterocycles. The molecule has 1 atom stereocenters. The fourth-order valence-electron chi connectivity index (χ4n) is 1.68. The van der Waals surface area contributed by atoms with E-state index in [0.717, 1.165) is 0 Å². The molecule has 0 bridgehead atoms. The van der Waals surface area contributed by atoms with Gasteiger partial charge in [0.1, 0.15) is 12.4 Å². The van der Waals surface area contributed by atoms with Crippen LogP contribution < -0.4 is 4.90 Å². The molecule has 7 heteroatoms. The summed E-state index contributed by atoms with van der Waals surface area (Å²) in [4.78, 5) is 23.7. The highest BCUT2D eigenvalue weighted by molar-refractivity contribution is 14.1. The maximum Gasteiger partial charge on any atom is 0.414 e. The Balaban J connectivity index is 2.07. The van der Waals surface area contributed by atoms with Crippen LogP contribution in [-0.4, -0.2) is 31.3 Å². The van der Waals surface area contributed by atoms with Crippen molar-refractivity contribution in [3.63, 3.8) is 0 Å². The lowest BCUT2D eigenvalue weighted by atomic mass is 10.2. The van der Waals surface area contributed by atoms with Gasteiger partial charge in [-0.3, -0.25) is 9.69 Å². The molecule has 0 aromatic heterocycles. The minimum absolute atomic E-state index is 0.00439. The molecule has 0 spiro atoms. The van der Waals surface area contributed by atoms with E-state index in [2.05, 4.69) is 0 Å². The van der Waals surface area contributed by atoms with Gasteiger partial charge in [-0.05, 0) is 40.8 Å². The predicted octanol–water partition coefficient (Wildman–Crippen LogP) is 2.32. The normalized spacial score (nSPS) is 18.4. The highest BCUT2D eigenvalue weighted by atomic mass is 127. The molecular weight excluding hydrogens is 368 g/mol. The van der Waals surface area contributed by atoms with Gasteiger partial charge in [0.2, 0.25) is 0 Å². The minimum atomic E-state index is -0.572. The predicted molar refractivity (Wildman–Crippen MR) is 73.4 cm³/mol. The fraction of sp³-hybridized carbons (Fsp3) is 0.333. The van der Waals surface area contributed by atoms with Gasteiger partial charge in [0.05, 0.1) is 12.2 Å². The number of ether oxygens (including phenoxy) is 2. The number of hydrogen-bond donors (Lipinski definition) is 0. The highest BCUT2D eigenvalue weighted by Crippen LogP contribution is 2.24. The molecule has 102 valence electrons. The molecule has 1 heterocycles. The summed E-state index contributed by atoms with van der Waals surface area (Å²) in [7, 11) is 0. The number of esters is 1. The zero-order valence-corrected chi connectivity index (χ0v) is 12.2. The maximum atomic E-state index is 13.5. The standard InChI is InChI=1S/C12H11FINO4/c1-7(16)18-6-9-5-15(12(17)19-9)8-2-3-11(14)10(13)4-8/h2-4,9H,5-6H2,1H3/t9-/m1/s1. The lowest BCUT2D eigenvalue weighted by Gasteiger charge is -2.13. The number of hydrogen-bond acceptors (Lipinski definition) is 4. The van der Waals surface area contributed by atoms with Crippen molar-refractivity contribution in [2.45, 2.75) is 13.0 Å². The summed E-state index contributed by atoms with van der Waals surface area (Å²) in [6.07, 6.45) is -1.10. The summed E-state index contributed by atoms with van der Waals surface area (Å²) in [6, 6.07) is 4.50. The number of halogens is 2. The van der Waals surface area contributed by atoms with Crippen molar-refractivity contribution in [1.82, 2.24) is 0 Å². The first-order valence-corrected chi connectivity index (χ1v) is 6.62. The van der Waals surface area contributed by atoms with Crippen molar-refractivity contribution >= 4 is 40.3 Å². The third-order valence-corrected chi connectivity index (χ3v) is 3.44. The average Bonchev–Trinajstić information content (AvgIpc) is 2.72. The molecule has 1 fully saturated rings. The molecule has 1 aliphatic heterocycles. The minimum Gasteiger partial charge on any atom is -0.462 e. The average molecular weight is 379 g/mol. The van der Waals surface area contributed by atoms with Gasteiger partial charge >= 0.3 is 12.1 Å². The summed E-state index contributed by atoms with van der Waals surface area (Å²) in [6.45, 7) is 1.51. The first kappa shape index (κ1) is 14.0. The SMILES string of the molecule is CC(=O)OC[C@H]1CN(c2ccc(I)c(F)c2)C(=O)O1. The van der Waals surface area contributed by atoms with E-state index in [9.17, 15) is 14.0 Å². The number of amides is 1. The maximum absolute atomic E-state index is 13.5. The molecule has 0 aliphatic carbocycles. The van der Waals surface area contributed by atoms with E-state index in [1.165, 1.54) is 17.9 Å². The second-order valence-electron chi connectivity index (χ2n) is 4.02. The van der Waals surface area contributed by atoms with Gasteiger partial charge in [-0.15, -0.1) is 0 Å². The summed E-state index contributed by atoms with van der Waals surface area (Å²) >= 11 is 1.87. The van der Waals surface area contributed by atoms with Crippen molar-refractivity contribution in [2.75, 3.05) is 18.1 Å². The number of carbonyl (C=O) groups is 2. The second kappa shape index (κ2) is 5.72. The van der Waals surface area contributed by atoms with Gasteiger partial charge in [0.25, 0.3) is 0 Å². The number of benzene rings is 1. The Kier molecular flexibility index (Phi) is 4.23. The third kappa shape index (κ3) is 3.34. The van der Waals surface area contributed by atoms with Crippen molar-refractivity contribution in [3.8, 4) is 0 Å². The number of rotatable bonds is 3. The molecule has 1 aromatic rings. The molecule has 2 rings (SSSR count). The van der Waals surface area contributed by atoms with Crippen molar-refractivity contribution < 1.29 is 23.5 Å². The van der Waals surface area contributed by atoms with Crippen LogP contribution in [0.2, 0.25) is 0 Å². The Morgan fingerprint density at radius 3 is 3.00 bits per heavy atom. The molecule has 5 nitrogen and oxygen atoms in total. The topological polar surface area (TPSA) is 55.8 Å². The number of carbonyl (C=O) groups excluding carboxylic acids is 2. The highest BCUT2D eigenvalue weighted by Gasteiger charge is 2.33. The number of anilines is 1. The van der Waals surface area contributed by atoms with Gasteiger partial charge in [-0.25, -0.2) is 9.18 Å². The number of nitrogens with zero attached hydrogens (tertiary/aromatic N) is 1. The summed E-state index contributed by atoms with van der Waals surface area (Å²) in [5.74, 6) is -0.829. The molecule has 1 aliphatic rings. The van der Waals surface area contributed by atoms with E-state index in [0.29, 0.717) is 9.26 Å². The van der Waals surface area contributed by atoms with Gasteiger partial charge in [-0.1, -0.05) is 0 Å². The first-order chi connectivity index (χ1) is 8.97. The first-order valence-electron chi connectivity index (χ1n) is 5.54. The van der Waals surface area contributed by atoms with Crippen LogP contribution in [0.4, 0.5) is 14.9 Å². The van der Waals surface area contributed by atoms with Crippen LogP contribution in [0, 0.1) is 9.39 Å². The van der Waals surface area contributed by atoms with Crippen molar-refractivity contribution in [2.24, 2.45) is 0 Å². The van der Waals surface area contributed by atoms with Crippen LogP contribution >= 0.6 is 22.6 Å². The van der Waals surface area contributed by atoms with E-state index >= 15 is 0 Å².